The van der Waals surface area contributed by atoms with Crippen molar-refractivity contribution < 1.29 is 14.3 Å². The highest BCUT2D eigenvalue weighted by Crippen LogP contribution is 2.22. The first-order valence-electron chi connectivity index (χ1n) is 8.39. The smallest absolute Gasteiger partial charge is 0.319 e. The van der Waals surface area contributed by atoms with Crippen molar-refractivity contribution in [2.75, 3.05) is 46.9 Å². The maximum absolute atomic E-state index is 12.7. The Kier molecular flexibility index (Phi) is 6.06. The Morgan fingerprint density at radius 2 is 1.86 bits per heavy atom. The van der Waals surface area contributed by atoms with Crippen LogP contribution in [0.3, 0.4) is 0 Å². The number of likely N-dealkylation sites (N-methyl/N-ethyl adjacent to an activating group) is 1. The summed E-state index contributed by atoms with van der Waals surface area (Å²) in [6.45, 7) is 5.64. The third kappa shape index (κ3) is 4.12. The van der Waals surface area contributed by atoms with E-state index in [-0.39, 0.29) is 24.0 Å². The molecule has 6 heteroatoms. The molecule has 1 atom stereocenters. The predicted molar refractivity (Wildman–Crippen MR) is 84.6 cm³/mol. The fraction of sp³-hybridized carbons (Fsp3) is 0.875. The summed E-state index contributed by atoms with van der Waals surface area (Å²) in [7, 11) is 3.53. The lowest BCUT2D eigenvalue weighted by atomic mass is 9.95. The van der Waals surface area contributed by atoms with Gasteiger partial charge in [-0.15, -0.1) is 0 Å². The van der Waals surface area contributed by atoms with Crippen molar-refractivity contribution in [1.29, 1.82) is 0 Å². The van der Waals surface area contributed by atoms with Crippen LogP contribution in [0.1, 0.15) is 32.6 Å². The average molecular weight is 311 g/mol. The van der Waals surface area contributed by atoms with Gasteiger partial charge in [-0.25, -0.2) is 4.79 Å². The summed E-state index contributed by atoms with van der Waals surface area (Å²) in [5, 5.41) is 0. The lowest BCUT2D eigenvalue weighted by Gasteiger charge is -2.35. The number of amides is 3. The Morgan fingerprint density at radius 1 is 1.18 bits per heavy atom. The van der Waals surface area contributed by atoms with Crippen LogP contribution in [0.2, 0.25) is 0 Å². The monoisotopic (exact) mass is 311 g/mol. The number of rotatable bonds is 4. The van der Waals surface area contributed by atoms with Crippen LogP contribution in [-0.2, 0) is 9.53 Å². The van der Waals surface area contributed by atoms with Gasteiger partial charge < -0.3 is 19.4 Å². The van der Waals surface area contributed by atoms with Crippen molar-refractivity contribution >= 4 is 11.9 Å². The van der Waals surface area contributed by atoms with Crippen LogP contribution in [0.5, 0.6) is 0 Å². The molecule has 2 saturated heterocycles. The summed E-state index contributed by atoms with van der Waals surface area (Å²) in [4.78, 5) is 30.0. The minimum atomic E-state index is 0.0394. The second-order valence-corrected chi connectivity index (χ2v) is 6.45. The highest BCUT2D eigenvalue weighted by Gasteiger charge is 2.31. The van der Waals surface area contributed by atoms with E-state index in [1.54, 1.807) is 19.0 Å². The van der Waals surface area contributed by atoms with Crippen LogP contribution < -0.4 is 0 Å². The van der Waals surface area contributed by atoms with Crippen molar-refractivity contribution in [1.82, 2.24) is 14.7 Å². The van der Waals surface area contributed by atoms with Gasteiger partial charge >= 0.3 is 6.03 Å². The zero-order chi connectivity index (χ0) is 16.1. The summed E-state index contributed by atoms with van der Waals surface area (Å²) in [5.41, 5.74) is 0. The van der Waals surface area contributed by atoms with Gasteiger partial charge in [0.05, 0.1) is 6.10 Å². The first-order valence-corrected chi connectivity index (χ1v) is 8.39. The van der Waals surface area contributed by atoms with Gasteiger partial charge in [-0.05, 0) is 32.6 Å². The number of hydrogen-bond acceptors (Lipinski definition) is 3. The number of nitrogens with zero attached hydrogens (tertiary/aromatic N) is 3. The number of carbonyl (C=O) groups is 2. The minimum Gasteiger partial charge on any atom is -0.376 e. The molecule has 22 heavy (non-hydrogen) atoms. The predicted octanol–water partition coefficient (Wildman–Crippen LogP) is 1.41. The molecule has 0 saturated carbocycles. The van der Waals surface area contributed by atoms with E-state index in [4.69, 9.17) is 4.74 Å². The van der Waals surface area contributed by atoms with Gasteiger partial charge in [0.15, 0.2) is 0 Å². The first kappa shape index (κ1) is 17.1. The molecule has 0 aromatic heterocycles. The van der Waals surface area contributed by atoms with Gasteiger partial charge in [0.25, 0.3) is 0 Å². The van der Waals surface area contributed by atoms with Gasteiger partial charge in [-0.3, -0.25) is 4.79 Å². The maximum atomic E-state index is 12.7. The van der Waals surface area contributed by atoms with Gasteiger partial charge in [-0.2, -0.15) is 0 Å². The zero-order valence-electron chi connectivity index (χ0n) is 14.1. The van der Waals surface area contributed by atoms with E-state index >= 15 is 0 Å². The summed E-state index contributed by atoms with van der Waals surface area (Å²) in [6.07, 6.45) is 3.89. The average Bonchev–Trinajstić information content (AvgIpc) is 3.04. The quantitative estimate of drug-likeness (QED) is 0.789. The normalized spacial score (nSPS) is 22.7. The van der Waals surface area contributed by atoms with Crippen LogP contribution in [0.25, 0.3) is 0 Å². The van der Waals surface area contributed by atoms with Gasteiger partial charge in [0.2, 0.25) is 5.91 Å². The summed E-state index contributed by atoms with van der Waals surface area (Å²) < 4.78 is 5.65. The molecule has 2 aliphatic rings. The molecule has 0 aliphatic carbocycles. The van der Waals surface area contributed by atoms with E-state index in [9.17, 15) is 9.59 Å². The van der Waals surface area contributed by atoms with E-state index in [0.29, 0.717) is 19.6 Å². The third-order valence-electron chi connectivity index (χ3n) is 4.64. The van der Waals surface area contributed by atoms with E-state index in [1.165, 1.54) is 0 Å². The largest absolute Gasteiger partial charge is 0.376 e. The van der Waals surface area contributed by atoms with Gasteiger partial charge in [0.1, 0.15) is 0 Å². The molecule has 0 aromatic rings. The molecule has 6 nitrogen and oxygen atoms in total. The fourth-order valence-electron chi connectivity index (χ4n) is 3.27. The molecule has 0 spiro atoms. The standard InChI is InChI=1S/C16H29N3O3/c1-4-18(12-14-6-5-11-22-14)15(20)13-7-9-19(10-8-13)16(21)17(2)3/h13-14H,4-12H2,1-3H3. The van der Waals surface area contributed by atoms with Gasteiger partial charge in [0, 0.05) is 52.8 Å². The number of ether oxygens (including phenoxy) is 1. The van der Waals surface area contributed by atoms with Crippen LogP contribution in [-0.4, -0.2) is 79.6 Å². The lowest BCUT2D eigenvalue weighted by Crippen LogP contribution is -2.48. The van der Waals surface area contributed by atoms with Crippen LogP contribution in [0.4, 0.5) is 4.79 Å². The van der Waals surface area contributed by atoms with Crippen LogP contribution in [0, 0.1) is 5.92 Å². The molecule has 2 fully saturated rings. The van der Waals surface area contributed by atoms with Crippen molar-refractivity contribution in [2.24, 2.45) is 5.92 Å². The van der Waals surface area contributed by atoms with E-state index in [2.05, 4.69) is 0 Å². The molecule has 0 N–H and O–H groups in total. The molecule has 1 unspecified atom stereocenters. The molecule has 3 amide bonds. The van der Waals surface area contributed by atoms with Crippen LogP contribution in [0.15, 0.2) is 0 Å². The van der Waals surface area contributed by atoms with Crippen molar-refractivity contribution in [3.63, 3.8) is 0 Å². The second-order valence-electron chi connectivity index (χ2n) is 6.45. The summed E-state index contributed by atoms with van der Waals surface area (Å²) in [6, 6.07) is 0.0394. The van der Waals surface area contributed by atoms with Crippen molar-refractivity contribution in [3.8, 4) is 0 Å². The highest BCUT2D eigenvalue weighted by molar-refractivity contribution is 5.79. The van der Waals surface area contributed by atoms with Crippen molar-refractivity contribution in [3.05, 3.63) is 0 Å². The van der Waals surface area contributed by atoms with Crippen molar-refractivity contribution in [2.45, 2.75) is 38.7 Å². The van der Waals surface area contributed by atoms with E-state index in [1.807, 2.05) is 16.7 Å². The second kappa shape index (κ2) is 7.81. The summed E-state index contributed by atoms with van der Waals surface area (Å²) in [5.74, 6) is 0.280. The van der Waals surface area contributed by atoms with Gasteiger partial charge in [-0.1, -0.05) is 0 Å². The molecule has 126 valence electrons. The molecule has 0 aromatic carbocycles. The first-order chi connectivity index (χ1) is 10.5. The Hall–Kier alpha value is -1.30. The molecular weight excluding hydrogens is 282 g/mol. The molecular formula is C16H29N3O3. The Balaban J connectivity index is 1.83. The number of hydrogen-bond donors (Lipinski definition) is 0. The Bertz CT molecular complexity index is 386. The summed E-state index contributed by atoms with van der Waals surface area (Å²) >= 11 is 0. The number of piperidine rings is 1. The number of urea groups is 1. The topological polar surface area (TPSA) is 53.1 Å². The third-order valence-corrected chi connectivity index (χ3v) is 4.64. The molecule has 0 radical (unpaired) electrons. The van der Waals surface area contributed by atoms with E-state index in [0.717, 1.165) is 38.8 Å². The SMILES string of the molecule is CCN(CC1CCCO1)C(=O)C1CCN(C(=O)N(C)C)CC1. The Labute approximate surface area is 133 Å². The highest BCUT2D eigenvalue weighted by atomic mass is 16.5. The maximum Gasteiger partial charge on any atom is 0.319 e. The molecule has 0 bridgehead atoms. The molecule has 2 aliphatic heterocycles. The zero-order valence-corrected chi connectivity index (χ0v) is 14.1. The van der Waals surface area contributed by atoms with Crippen LogP contribution >= 0.6 is 0 Å². The van der Waals surface area contributed by atoms with E-state index < -0.39 is 0 Å². The fourth-order valence-corrected chi connectivity index (χ4v) is 3.27. The molecule has 2 rings (SSSR count). The molecule has 2 heterocycles. The lowest BCUT2D eigenvalue weighted by molar-refractivity contribution is -0.138. The number of likely N-dealkylation sites (tertiary alicyclic amines) is 1. The Morgan fingerprint density at radius 3 is 2.36 bits per heavy atom. The number of carbonyl (C=O) groups excluding carboxylic acids is 2. The minimum absolute atomic E-state index is 0.0394.